The zero-order valence-corrected chi connectivity index (χ0v) is 33.6. The number of carbonyl (C=O) groups is 3. The molecule has 14 nitrogen and oxygen atoms in total. The van der Waals surface area contributed by atoms with Crippen LogP contribution in [0.15, 0.2) is 41.0 Å². The van der Waals surface area contributed by atoms with Crippen molar-refractivity contribution in [3.8, 4) is 17.2 Å². The third-order valence-electron chi connectivity index (χ3n) is 12.0. The number of hydrogen-bond acceptors (Lipinski definition) is 11. The van der Waals surface area contributed by atoms with E-state index in [4.69, 9.17) is 23.5 Å². The molecule has 0 amide bonds. The smallest absolute Gasteiger partial charge is 0.482 e. The average Bonchev–Trinajstić information content (AvgIpc) is 3.20. The number of nitro groups is 1. The van der Waals surface area contributed by atoms with Crippen LogP contribution in [-0.2, 0) is 30.0 Å². The maximum atomic E-state index is 15.5. The van der Waals surface area contributed by atoms with Gasteiger partial charge in [0.2, 0.25) is 6.54 Å². The van der Waals surface area contributed by atoms with Gasteiger partial charge in [-0.15, -0.1) is 0 Å². The molecule has 7 atom stereocenters. The van der Waals surface area contributed by atoms with E-state index in [1.807, 2.05) is 40.7 Å². The predicted molar refractivity (Wildman–Crippen MR) is 200 cm³/mol. The number of carbonyl (C=O) groups excluding carboxylic acids is 3. The summed E-state index contributed by atoms with van der Waals surface area (Å²) >= 11 is 0. The maximum Gasteiger partial charge on any atom is 0.524 e. The van der Waals surface area contributed by atoms with E-state index in [1.165, 1.54) is 20.1 Å². The first-order chi connectivity index (χ1) is 25.5. The number of methoxy groups -OCH3 is 1. The Labute approximate surface area is 320 Å². The minimum atomic E-state index is -5.35. The molecule has 55 heavy (non-hydrogen) atoms. The lowest BCUT2D eigenvalue weighted by atomic mass is 9.43. The summed E-state index contributed by atoms with van der Waals surface area (Å²) < 4.78 is 43.8. The van der Waals surface area contributed by atoms with Crippen LogP contribution in [0.25, 0.3) is 6.08 Å². The average molecular weight is 784 g/mol. The highest BCUT2D eigenvalue weighted by Crippen LogP contribution is 2.72. The van der Waals surface area contributed by atoms with Crippen LogP contribution in [0.2, 0.25) is 0 Å². The fourth-order valence-corrected chi connectivity index (χ4v) is 10.1. The van der Waals surface area contributed by atoms with Crippen LogP contribution in [0.3, 0.4) is 0 Å². The minimum Gasteiger partial charge on any atom is -0.482 e. The van der Waals surface area contributed by atoms with Crippen molar-refractivity contribution >= 4 is 31.4 Å². The SMILES string of the molecule is COC(=O)/C(C)=C\CC12OC(C)(C)C3CC(C1=O)C(C[N+](=O)[O-])C1C(=O)c4c(OP(=O)(O)O)c5c(c(CC=C(C)C)c4OC132)OC(C)(CCC=C(C)C)C=C5. The van der Waals surface area contributed by atoms with Crippen molar-refractivity contribution in [1.82, 2.24) is 0 Å². The third-order valence-corrected chi connectivity index (χ3v) is 12.4. The van der Waals surface area contributed by atoms with Gasteiger partial charge >= 0.3 is 13.8 Å². The normalized spacial score (nSPS) is 31.0. The molecule has 1 aromatic rings. The van der Waals surface area contributed by atoms with Crippen molar-refractivity contribution < 1.29 is 57.1 Å². The van der Waals surface area contributed by atoms with Crippen molar-refractivity contribution in [2.45, 2.75) is 110 Å². The number of benzene rings is 1. The van der Waals surface area contributed by atoms with Gasteiger partial charge < -0.3 is 23.5 Å². The van der Waals surface area contributed by atoms with Crippen molar-refractivity contribution in [2.75, 3.05) is 13.7 Å². The molecule has 3 aliphatic carbocycles. The van der Waals surface area contributed by atoms with Gasteiger partial charge in [0.05, 0.1) is 24.2 Å². The summed E-state index contributed by atoms with van der Waals surface area (Å²) in [6.07, 6.45) is 10.1. The molecule has 6 aliphatic rings. The first-order valence-electron chi connectivity index (χ1n) is 18.5. The second-order valence-corrected chi connectivity index (χ2v) is 17.8. The number of phosphoric ester groups is 1. The molecule has 3 heterocycles. The van der Waals surface area contributed by atoms with Gasteiger partial charge in [0.15, 0.2) is 28.5 Å². The number of nitrogens with zero attached hydrogens (tertiary/aromatic N) is 1. The minimum absolute atomic E-state index is 0.0970. The lowest BCUT2D eigenvalue weighted by Gasteiger charge is -2.62. The summed E-state index contributed by atoms with van der Waals surface area (Å²) in [4.78, 5) is 75.3. The lowest BCUT2D eigenvalue weighted by Crippen LogP contribution is -2.79. The number of allylic oxidation sites excluding steroid dienone is 4. The first kappa shape index (κ1) is 40.6. The fraction of sp³-hybridized carbons (Fsp3) is 0.575. The topological polar surface area (TPSA) is 198 Å². The van der Waals surface area contributed by atoms with E-state index >= 15 is 4.79 Å². The first-order valence-corrected chi connectivity index (χ1v) is 20.0. The Bertz CT molecular complexity index is 2030. The Balaban J connectivity index is 1.69. The van der Waals surface area contributed by atoms with E-state index in [0.29, 0.717) is 18.4 Å². The molecule has 1 spiro atoms. The van der Waals surface area contributed by atoms with Crippen LogP contribution in [0.5, 0.6) is 17.2 Å². The summed E-state index contributed by atoms with van der Waals surface area (Å²) in [6, 6.07) is 0. The summed E-state index contributed by atoms with van der Waals surface area (Å²) in [5, 5.41) is 12.3. The molecule has 298 valence electrons. The van der Waals surface area contributed by atoms with Crippen LogP contribution in [0.1, 0.15) is 103 Å². The van der Waals surface area contributed by atoms with E-state index in [-0.39, 0.29) is 47.5 Å². The number of ether oxygens (including phenoxy) is 4. The number of fused-ring (bicyclic) bond motifs is 2. The van der Waals surface area contributed by atoms with Gasteiger partial charge in [-0.3, -0.25) is 29.5 Å². The molecule has 3 saturated carbocycles. The second kappa shape index (κ2) is 13.8. The molecule has 1 aromatic carbocycles. The third kappa shape index (κ3) is 6.58. The van der Waals surface area contributed by atoms with E-state index in [1.54, 1.807) is 26.0 Å². The molecule has 7 unspecified atom stereocenters. The summed E-state index contributed by atoms with van der Waals surface area (Å²) in [7, 11) is -4.12. The van der Waals surface area contributed by atoms with Crippen LogP contribution in [0, 0.1) is 33.8 Å². The Hall–Kier alpha value is -4.10. The number of rotatable bonds is 12. The monoisotopic (exact) mass is 783 g/mol. The van der Waals surface area contributed by atoms with Gasteiger partial charge in [0.1, 0.15) is 22.7 Å². The second-order valence-electron chi connectivity index (χ2n) is 16.7. The van der Waals surface area contributed by atoms with Gasteiger partial charge in [0.25, 0.3) is 0 Å². The van der Waals surface area contributed by atoms with Crippen LogP contribution < -0.4 is 14.0 Å². The van der Waals surface area contributed by atoms with E-state index in [2.05, 4.69) is 6.08 Å². The largest absolute Gasteiger partial charge is 0.524 e. The predicted octanol–water partition coefficient (Wildman–Crippen LogP) is 6.68. The zero-order valence-electron chi connectivity index (χ0n) is 32.7. The highest BCUT2D eigenvalue weighted by atomic mass is 31.2. The van der Waals surface area contributed by atoms with Crippen LogP contribution in [-0.4, -0.2) is 68.3 Å². The maximum absolute atomic E-state index is 15.5. The van der Waals surface area contributed by atoms with Gasteiger partial charge in [-0.2, -0.15) is 0 Å². The van der Waals surface area contributed by atoms with E-state index < -0.39 is 88.7 Å². The van der Waals surface area contributed by atoms with Crippen molar-refractivity contribution in [1.29, 1.82) is 0 Å². The number of phosphoric acid groups is 1. The molecule has 2 N–H and O–H groups in total. The number of Topliss-reactive ketones (excluding diaryl/α,β-unsaturated/α-hetero) is 2. The summed E-state index contributed by atoms with van der Waals surface area (Å²) in [5.74, 6) is -6.40. The Morgan fingerprint density at radius 2 is 1.73 bits per heavy atom. The van der Waals surface area contributed by atoms with Crippen LogP contribution >= 0.6 is 7.82 Å². The van der Waals surface area contributed by atoms with Crippen molar-refractivity contribution in [3.05, 3.63) is 67.8 Å². The zero-order chi connectivity index (χ0) is 40.6. The summed E-state index contributed by atoms with van der Waals surface area (Å²) in [6.45, 7) is 14.0. The number of esters is 1. The Morgan fingerprint density at radius 1 is 1.05 bits per heavy atom. The van der Waals surface area contributed by atoms with Gasteiger partial charge in [-0.05, 0) is 93.2 Å². The summed E-state index contributed by atoms with van der Waals surface area (Å²) in [5.41, 5.74) is -3.32. The van der Waals surface area contributed by atoms with Gasteiger partial charge in [-0.25, -0.2) is 9.36 Å². The molecule has 7 rings (SSSR count). The highest BCUT2D eigenvalue weighted by molar-refractivity contribution is 7.46. The number of hydrogen-bond donors (Lipinski definition) is 2. The molecule has 15 heteroatoms. The molecule has 0 aromatic heterocycles. The van der Waals surface area contributed by atoms with E-state index in [9.17, 15) is 34.1 Å². The Kier molecular flexibility index (Phi) is 10.2. The van der Waals surface area contributed by atoms with Crippen molar-refractivity contribution in [3.63, 3.8) is 0 Å². The lowest BCUT2D eigenvalue weighted by molar-refractivity contribution is -0.494. The van der Waals surface area contributed by atoms with E-state index in [0.717, 1.165) is 11.1 Å². The molecule has 3 aliphatic heterocycles. The quantitative estimate of drug-likeness (QED) is 0.0569. The van der Waals surface area contributed by atoms with Gasteiger partial charge in [-0.1, -0.05) is 29.4 Å². The molecule has 1 saturated heterocycles. The standard InChI is InChI=1S/C40H50NO13P/c1-21(2)11-10-16-38(8)17-15-25-32(51-38)24(13-12-22(3)4)33-29(34(25)53-55(47,48)49)31(42)30-27(20-41(45)46)26-19-28-37(6,7)54-39(35(26)43,40(28,30)52-33)18-14-23(5)36(44)50-9/h11-12,14-15,17,26-28,30H,10,13,16,18-20H2,1-9H3,(H2,47,48,49)/b23-14-. The molecular formula is C40H50NO13P. The fourth-order valence-electron chi connectivity index (χ4n) is 9.70. The molecule has 4 bridgehead atoms. The highest BCUT2D eigenvalue weighted by Gasteiger charge is 2.86. The van der Waals surface area contributed by atoms with Gasteiger partial charge in [0, 0.05) is 40.2 Å². The molecule has 0 radical (unpaired) electrons. The van der Waals surface area contributed by atoms with Crippen molar-refractivity contribution in [2.24, 2.45) is 23.7 Å². The van der Waals surface area contributed by atoms with Crippen LogP contribution in [0.4, 0.5) is 0 Å². The number of ketones is 2. The molecule has 4 fully saturated rings. The molecular weight excluding hydrogens is 733 g/mol. The Morgan fingerprint density at radius 3 is 2.33 bits per heavy atom.